The number of hydrogen-bond acceptors (Lipinski definition) is 2. The third kappa shape index (κ3) is 5.56. The van der Waals surface area contributed by atoms with Gasteiger partial charge in [-0.25, -0.2) is 0 Å². The minimum atomic E-state index is 0.700. The van der Waals surface area contributed by atoms with Gasteiger partial charge in [0.05, 0.1) is 6.61 Å². The Labute approximate surface area is 102 Å². The molecule has 1 aromatic rings. The van der Waals surface area contributed by atoms with E-state index in [1.807, 2.05) is 37.3 Å². The molecule has 1 aromatic carbocycles. The fourth-order valence-electron chi connectivity index (χ4n) is 1.20. The van der Waals surface area contributed by atoms with Gasteiger partial charge in [-0.15, -0.1) is 0 Å². The highest BCUT2D eigenvalue weighted by Gasteiger charge is 1.93. The van der Waals surface area contributed by atoms with Crippen LogP contribution in [0.1, 0.15) is 13.3 Å². The SMILES string of the molecule is CCNC(=S)NCCCOc1ccccc1. The number of hydrogen-bond donors (Lipinski definition) is 2. The summed E-state index contributed by atoms with van der Waals surface area (Å²) in [6.45, 7) is 4.41. The Kier molecular flexibility index (Phi) is 6.33. The van der Waals surface area contributed by atoms with Crippen molar-refractivity contribution in [1.82, 2.24) is 10.6 Å². The second kappa shape index (κ2) is 7.93. The molecule has 0 heterocycles. The van der Waals surface area contributed by atoms with Crippen LogP contribution in [0.15, 0.2) is 30.3 Å². The molecule has 0 bridgehead atoms. The van der Waals surface area contributed by atoms with Crippen LogP contribution in [-0.2, 0) is 0 Å². The van der Waals surface area contributed by atoms with Crippen LogP contribution in [0.2, 0.25) is 0 Å². The molecule has 16 heavy (non-hydrogen) atoms. The molecule has 3 nitrogen and oxygen atoms in total. The van der Waals surface area contributed by atoms with Gasteiger partial charge >= 0.3 is 0 Å². The molecule has 0 aliphatic rings. The molecule has 0 spiro atoms. The number of thiocarbonyl (C=S) groups is 1. The van der Waals surface area contributed by atoms with E-state index in [1.165, 1.54) is 0 Å². The molecular weight excluding hydrogens is 220 g/mol. The Morgan fingerprint density at radius 2 is 2.00 bits per heavy atom. The normalized spacial score (nSPS) is 9.56. The van der Waals surface area contributed by atoms with Crippen LogP contribution in [-0.4, -0.2) is 24.8 Å². The first-order valence-electron chi connectivity index (χ1n) is 5.52. The molecule has 4 heteroatoms. The van der Waals surface area contributed by atoms with Crippen molar-refractivity contribution in [3.8, 4) is 5.75 Å². The third-order valence-electron chi connectivity index (χ3n) is 1.96. The molecule has 0 atom stereocenters. The number of para-hydroxylation sites is 1. The van der Waals surface area contributed by atoms with Gasteiger partial charge in [0.1, 0.15) is 5.75 Å². The highest BCUT2D eigenvalue weighted by Crippen LogP contribution is 2.07. The molecule has 0 amide bonds. The minimum Gasteiger partial charge on any atom is -0.494 e. The lowest BCUT2D eigenvalue weighted by Gasteiger charge is -2.09. The monoisotopic (exact) mass is 238 g/mol. The fraction of sp³-hybridized carbons (Fsp3) is 0.417. The molecule has 0 aliphatic heterocycles. The van der Waals surface area contributed by atoms with Crippen LogP contribution >= 0.6 is 12.2 Å². The molecule has 1 rings (SSSR count). The second-order valence-corrected chi connectivity index (χ2v) is 3.71. The Morgan fingerprint density at radius 1 is 1.25 bits per heavy atom. The molecule has 0 radical (unpaired) electrons. The van der Waals surface area contributed by atoms with Crippen LogP contribution in [0.3, 0.4) is 0 Å². The van der Waals surface area contributed by atoms with Crippen molar-refractivity contribution in [1.29, 1.82) is 0 Å². The van der Waals surface area contributed by atoms with Gasteiger partial charge < -0.3 is 15.4 Å². The van der Waals surface area contributed by atoms with Gasteiger partial charge in [-0.1, -0.05) is 18.2 Å². The van der Waals surface area contributed by atoms with E-state index < -0.39 is 0 Å². The van der Waals surface area contributed by atoms with E-state index in [0.717, 1.165) is 25.3 Å². The first kappa shape index (κ1) is 12.8. The van der Waals surface area contributed by atoms with Crippen molar-refractivity contribution in [2.75, 3.05) is 19.7 Å². The summed E-state index contributed by atoms with van der Waals surface area (Å²) in [6, 6.07) is 9.82. The van der Waals surface area contributed by atoms with Crippen LogP contribution in [0.5, 0.6) is 5.75 Å². The van der Waals surface area contributed by atoms with Crippen LogP contribution in [0.4, 0.5) is 0 Å². The standard InChI is InChI=1S/C12H18N2OS/c1-2-13-12(16)14-9-6-10-15-11-7-4-3-5-8-11/h3-5,7-8H,2,6,9-10H2,1H3,(H2,13,14,16). The highest BCUT2D eigenvalue weighted by atomic mass is 32.1. The zero-order valence-corrected chi connectivity index (χ0v) is 10.3. The van der Waals surface area contributed by atoms with E-state index in [2.05, 4.69) is 10.6 Å². The number of benzene rings is 1. The Hall–Kier alpha value is -1.29. The van der Waals surface area contributed by atoms with E-state index in [4.69, 9.17) is 17.0 Å². The predicted octanol–water partition coefficient (Wildman–Crippen LogP) is 1.94. The van der Waals surface area contributed by atoms with Gasteiger partial charge in [-0.2, -0.15) is 0 Å². The zero-order valence-electron chi connectivity index (χ0n) is 9.53. The molecule has 2 N–H and O–H groups in total. The summed E-state index contributed by atoms with van der Waals surface area (Å²) in [4.78, 5) is 0. The summed E-state index contributed by atoms with van der Waals surface area (Å²) >= 11 is 5.03. The summed E-state index contributed by atoms with van der Waals surface area (Å²) < 4.78 is 5.54. The summed E-state index contributed by atoms with van der Waals surface area (Å²) in [6.07, 6.45) is 0.931. The topological polar surface area (TPSA) is 33.3 Å². The molecule has 88 valence electrons. The Bertz CT molecular complexity index is 303. The van der Waals surface area contributed by atoms with E-state index in [0.29, 0.717) is 11.7 Å². The van der Waals surface area contributed by atoms with Crippen molar-refractivity contribution in [3.63, 3.8) is 0 Å². The van der Waals surface area contributed by atoms with Crippen LogP contribution < -0.4 is 15.4 Å². The first-order valence-corrected chi connectivity index (χ1v) is 5.93. The summed E-state index contributed by atoms with van der Waals surface area (Å²) in [5, 5.41) is 6.85. The summed E-state index contributed by atoms with van der Waals surface area (Å²) in [7, 11) is 0. The molecule has 0 saturated carbocycles. The molecular formula is C12H18N2OS. The van der Waals surface area contributed by atoms with E-state index in [1.54, 1.807) is 0 Å². The van der Waals surface area contributed by atoms with E-state index >= 15 is 0 Å². The molecule has 0 aromatic heterocycles. The van der Waals surface area contributed by atoms with Crippen LogP contribution in [0, 0.1) is 0 Å². The van der Waals surface area contributed by atoms with E-state index in [9.17, 15) is 0 Å². The number of nitrogens with one attached hydrogen (secondary N) is 2. The fourth-order valence-corrected chi connectivity index (χ4v) is 1.45. The average molecular weight is 238 g/mol. The molecule has 0 fully saturated rings. The zero-order chi connectivity index (χ0) is 11.6. The average Bonchev–Trinajstić information content (AvgIpc) is 2.30. The number of rotatable bonds is 6. The maximum absolute atomic E-state index is 5.54. The van der Waals surface area contributed by atoms with Gasteiger partial charge in [0.15, 0.2) is 5.11 Å². The van der Waals surface area contributed by atoms with Crippen molar-refractivity contribution in [2.24, 2.45) is 0 Å². The lowest BCUT2D eigenvalue weighted by Crippen LogP contribution is -2.35. The molecule has 0 unspecified atom stereocenters. The first-order chi connectivity index (χ1) is 7.83. The molecule has 0 saturated heterocycles. The van der Waals surface area contributed by atoms with Crippen molar-refractivity contribution >= 4 is 17.3 Å². The van der Waals surface area contributed by atoms with Crippen LogP contribution in [0.25, 0.3) is 0 Å². The second-order valence-electron chi connectivity index (χ2n) is 3.30. The maximum Gasteiger partial charge on any atom is 0.166 e. The van der Waals surface area contributed by atoms with Crippen molar-refractivity contribution in [2.45, 2.75) is 13.3 Å². The van der Waals surface area contributed by atoms with Gasteiger partial charge in [-0.05, 0) is 37.7 Å². The lowest BCUT2D eigenvalue weighted by molar-refractivity contribution is 0.311. The smallest absolute Gasteiger partial charge is 0.166 e. The highest BCUT2D eigenvalue weighted by molar-refractivity contribution is 7.80. The lowest BCUT2D eigenvalue weighted by atomic mass is 10.3. The molecule has 0 aliphatic carbocycles. The minimum absolute atomic E-state index is 0.700. The van der Waals surface area contributed by atoms with Crippen molar-refractivity contribution in [3.05, 3.63) is 30.3 Å². The Balaban J connectivity index is 2.02. The van der Waals surface area contributed by atoms with Gasteiger partial charge in [0, 0.05) is 13.1 Å². The predicted molar refractivity (Wildman–Crippen MR) is 70.8 cm³/mol. The van der Waals surface area contributed by atoms with E-state index in [-0.39, 0.29) is 0 Å². The van der Waals surface area contributed by atoms with Crippen molar-refractivity contribution < 1.29 is 4.74 Å². The summed E-state index contributed by atoms with van der Waals surface area (Å²) in [5.74, 6) is 0.914. The Morgan fingerprint density at radius 3 is 2.69 bits per heavy atom. The third-order valence-corrected chi connectivity index (χ3v) is 2.24. The quantitative estimate of drug-likeness (QED) is 0.586. The van der Waals surface area contributed by atoms with Gasteiger partial charge in [-0.3, -0.25) is 0 Å². The largest absolute Gasteiger partial charge is 0.494 e. The summed E-state index contributed by atoms with van der Waals surface area (Å²) in [5.41, 5.74) is 0. The van der Waals surface area contributed by atoms with Gasteiger partial charge in [0.25, 0.3) is 0 Å². The maximum atomic E-state index is 5.54. The van der Waals surface area contributed by atoms with Gasteiger partial charge in [0.2, 0.25) is 0 Å². The number of ether oxygens (including phenoxy) is 1.